The van der Waals surface area contributed by atoms with Gasteiger partial charge >= 0.3 is 5.97 Å². The molecule has 1 aliphatic carbocycles. The molecular formula is C27H38N2O5S. The molecule has 1 N–H and O–H groups in total. The summed E-state index contributed by atoms with van der Waals surface area (Å²) in [7, 11) is 0. The molecule has 0 aromatic rings. The molecule has 3 fully saturated rings. The molecule has 1 saturated carbocycles. The molecule has 192 valence electrons. The van der Waals surface area contributed by atoms with Crippen LogP contribution in [0, 0.1) is 11.8 Å². The van der Waals surface area contributed by atoms with E-state index in [4.69, 9.17) is 4.74 Å². The Labute approximate surface area is 212 Å². The van der Waals surface area contributed by atoms with Crippen molar-refractivity contribution in [3.63, 3.8) is 0 Å². The Morgan fingerprint density at radius 2 is 1.91 bits per heavy atom. The van der Waals surface area contributed by atoms with Crippen LogP contribution in [-0.4, -0.2) is 80.6 Å². The fourth-order valence-corrected chi connectivity index (χ4v) is 8.89. The van der Waals surface area contributed by atoms with Crippen LogP contribution in [0.15, 0.2) is 24.3 Å². The van der Waals surface area contributed by atoms with Crippen molar-refractivity contribution in [2.24, 2.45) is 11.8 Å². The number of cyclic esters (lactones) is 1. The van der Waals surface area contributed by atoms with Crippen molar-refractivity contribution >= 4 is 29.5 Å². The summed E-state index contributed by atoms with van der Waals surface area (Å²) in [6, 6.07) is -0.997. The molecule has 35 heavy (non-hydrogen) atoms. The molecule has 0 radical (unpaired) electrons. The lowest BCUT2D eigenvalue weighted by molar-refractivity contribution is -0.154. The summed E-state index contributed by atoms with van der Waals surface area (Å²) in [6.07, 6.45) is 16.9. The molecule has 6 atom stereocenters. The first-order valence-corrected chi connectivity index (χ1v) is 14.3. The van der Waals surface area contributed by atoms with E-state index in [0.29, 0.717) is 19.6 Å². The summed E-state index contributed by atoms with van der Waals surface area (Å²) in [6.45, 7) is 2.62. The maximum absolute atomic E-state index is 14.4. The van der Waals surface area contributed by atoms with E-state index in [1.165, 1.54) is 6.42 Å². The summed E-state index contributed by atoms with van der Waals surface area (Å²) in [5.74, 6) is -1.87. The summed E-state index contributed by atoms with van der Waals surface area (Å²) < 4.78 is 4.82. The van der Waals surface area contributed by atoms with Crippen LogP contribution < -0.4 is 0 Å². The number of rotatable bonds is 4. The minimum Gasteiger partial charge on any atom is -0.465 e. The van der Waals surface area contributed by atoms with Crippen LogP contribution in [0.5, 0.6) is 0 Å². The Hall–Kier alpha value is -1.80. The van der Waals surface area contributed by atoms with Crippen molar-refractivity contribution in [2.75, 3.05) is 19.8 Å². The van der Waals surface area contributed by atoms with Crippen molar-refractivity contribution in [2.45, 2.75) is 92.8 Å². The van der Waals surface area contributed by atoms with E-state index >= 15 is 0 Å². The number of thioether (sulfide) groups is 1. The van der Waals surface area contributed by atoms with Crippen molar-refractivity contribution in [1.82, 2.24) is 9.80 Å². The predicted octanol–water partition coefficient (Wildman–Crippen LogP) is 3.07. The van der Waals surface area contributed by atoms with Gasteiger partial charge < -0.3 is 19.6 Å². The van der Waals surface area contributed by atoms with E-state index in [0.717, 1.165) is 44.9 Å². The monoisotopic (exact) mass is 502 g/mol. The molecule has 4 heterocycles. The second-order valence-corrected chi connectivity index (χ2v) is 12.1. The molecule has 0 bridgehead atoms. The van der Waals surface area contributed by atoms with E-state index in [2.05, 4.69) is 24.3 Å². The van der Waals surface area contributed by atoms with Gasteiger partial charge in [-0.3, -0.25) is 14.4 Å². The highest BCUT2D eigenvalue weighted by Gasteiger charge is 2.71. The van der Waals surface area contributed by atoms with Crippen LogP contribution in [-0.2, 0) is 19.1 Å². The number of ether oxygens (including phenoxy) is 1. The van der Waals surface area contributed by atoms with Crippen LogP contribution in [0.1, 0.15) is 64.7 Å². The average molecular weight is 503 g/mol. The van der Waals surface area contributed by atoms with Crippen molar-refractivity contribution in [1.29, 1.82) is 0 Å². The number of esters is 1. The highest BCUT2D eigenvalue weighted by molar-refractivity contribution is 8.02. The first kappa shape index (κ1) is 24.9. The predicted molar refractivity (Wildman–Crippen MR) is 135 cm³/mol. The Morgan fingerprint density at radius 1 is 1.11 bits per heavy atom. The standard InChI is InChI=1S/C27H38N2O5S/c1-2-18(17-30)29-23-25(32)28(19-11-6-5-7-12-19)15-10-14-27(23)22(24(29)31)21-20(35-27)13-8-3-4-9-16-34-26(21)33/h8,10,13-14,18-23,30H,2-7,9,11-12,15-17H2,1H3/b13-8-/t18-,20+,21-,22-,23?,27-/m0/s1. The van der Waals surface area contributed by atoms with E-state index < -0.39 is 28.7 Å². The Kier molecular flexibility index (Phi) is 7.31. The Morgan fingerprint density at radius 3 is 2.66 bits per heavy atom. The summed E-state index contributed by atoms with van der Waals surface area (Å²) in [5, 5.41) is 10.00. The quantitative estimate of drug-likeness (QED) is 0.470. The molecule has 1 spiro atoms. The number of carbonyl (C=O) groups is 3. The molecule has 5 aliphatic rings. The van der Waals surface area contributed by atoms with Crippen LogP contribution in [0.3, 0.4) is 0 Å². The molecule has 0 aromatic carbocycles. The summed E-state index contributed by atoms with van der Waals surface area (Å²) >= 11 is 1.58. The second-order valence-electron chi connectivity index (χ2n) is 10.6. The smallest absolute Gasteiger partial charge is 0.311 e. The molecule has 4 aliphatic heterocycles. The number of aliphatic hydroxyl groups excluding tert-OH is 1. The van der Waals surface area contributed by atoms with Gasteiger partial charge in [-0.2, -0.15) is 0 Å². The Bertz CT molecular complexity index is 896. The van der Waals surface area contributed by atoms with Crippen LogP contribution in [0.25, 0.3) is 0 Å². The fourth-order valence-electron chi connectivity index (χ4n) is 6.90. The fraction of sp³-hybridized carbons (Fsp3) is 0.741. The maximum atomic E-state index is 14.4. The first-order chi connectivity index (χ1) is 17.0. The van der Waals surface area contributed by atoms with Gasteiger partial charge in [0.25, 0.3) is 0 Å². The van der Waals surface area contributed by atoms with Crippen molar-refractivity contribution in [3.8, 4) is 0 Å². The van der Waals surface area contributed by atoms with E-state index in [9.17, 15) is 19.5 Å². The first-order valence-electron chi connectivity index (χ1n) is 13.5. The molecule has 0 aromatic heterocycles. The average Bonchev–Trinajstić information content (AvgIpc) is 3.26. The number of likely N-dealkylation sites (tertiary alicyclic amines) is 1. The van der Waals surface area contributed by atoms with Crippen molar-refractivity contribution < 1.29 is 24.2 Å². The molecule has 5 rings (SSSR count). The number of hydrogen-bond acceptors (Lipinski definition) is 6. The third-order valence-electron chi connectivity index (χ3n) is 8.66. The number of amides is 2. The zero-order valence-corrected chi connectivity index (χ0v) is 21.5. The Balaban J connectivity index is 1.59. The molecule has 2 saturated heterocycles. The van der Waals surface area contributed by atoms with Crippen LogP contribution in [0.2, 0.25) is 0 Å². The van der Waals surface area contributed by atoms with Gasteiger partial charge in [0, 0.05) is 17.8 Å². The molecule has 7 nitrogen and oxygen atoms in total. The number of allylic oxidation sites excluding steroid dienone is 1. The minimum atomic E-state index is -0.840. The highest BCUT2D eigenvalue weighted by atomic mass is 32.2. The molecule has 8 heteroatoms. The topological polar surface area (TPSA) is 87.2 Å². The second kappa shape index (κ2) is 10.3. The van der Waals surface area contributed by atoms with Crippen LogP contribution in [0.4, 0.5) is 0 Å². The lowest BCUT2D eigenvalue weighted by Crippen LogP contribution is -2.58. The zero-order valence-electron chi connectivity index (χ0n) is 20.6. The lowest BCUT2D eigenvalue weighted by atomic mass is 9.78. The number of aliphatic hydroxyl groups is 1. The number of nitrogens with zero attached hydrogens (tertiary/aromatic N) is 2. The molecule has 2 amide bonds. The molecular weight excluding hydrogens is 464 g/mol. The third kappa shape index (κ3) is 4.14. The van der Waals surface area contributed by atoms with Gasteiger partial charge in [0.05, 0.1) is 35.8 Å². The minimum absolute atomic E-state index is 0.0294. The van der Waals surface area contributed by atoms with Gasteiger partial charge in [-0.15, -0.1) is 11.8 Å². The van der Waals surface area contributed by atoms with Crippen molar-refractivity contribution in [3.05, 3.63) is 24.3 Å². The van der Waals surface area contributed by atoms with Gasteiger partial charge in [-0.25, -0.2) is 0 Å². The lowest BCUT2D eigenvalue weighted by Gasteiger charge is -2.41. The molecule has 1 unspecified atom stereocenters. The summed E-state index contributed by atoms with van der Waals surface area (Å²) in [4.78, 5) is 45.5. The van der Waals surface area contributed by atoms with Crippen LogP contribution >= 0.6 is 11.8 Å². The number of fused-ring (bicyclic) bond motifs is 2. The zero-order chi connectivity index (χ0) is 24.6. The summed E-state index contributed by atoms with van der Waals surface area (Å²) in [5.41, 5.74) is 0. The van der Waals surface area contributed by atoms with E-state index in [1.807, 2.05) is 11.8 Å². The van der Waals surface area contributed by atoms with Gasteiger partial charge in [-0.05, 0) is 38.5 Å². The number of hydrogen-bond donors (Lipinski definition) is 1. The normalized spacial score (nSPS) is 37.8. The van der Waals surface area contributed by atoms with Gasteiger partial charge in [-0.1, -0.05) is 50.5 Å². The van der Waals surface area contributed by atoms with Gasteiger partial charge in [0.1, 0.15) is 6.04 Å². The van der Waals surface area contributed by atoms with E-state index in [-0.39, 0.29) is 35.7 Å². The SMILES string of the molecule is CC[C@@H](CO)N1C(=O)[C@@H]2[C@H]3C(=O)OCCCC/C=C\[C@H]3S[C@@]23C=CCN(C2CCCCC2)C(=O)C13. The third-order valence-corrected chi connectivity index (χ3v) is 10.4. The van der Waals surface area contributed by atoms with Gasteiger partial charge in [0.2, 0.25) is 11.8 Å². The maximum Gasteiger partial charge on any atom is 0.311 e. The largest absolute Gasteiger partial charge is 0.465 e. The van der Waals surface area contributed by atoms with E-state index in [1.54, 1.807) is 16.7 Å². The van der Waals surface area contributed by atoms with Gasteiger partial charge in [0.15, 0.2) is 0 Å². The highest BCUT2D eigenvalue weighted by Crippen LogP contribution is 2.61. The number of carbonyl (C=O) groups excluding carboxylic acids is 3.